The lowest BCUT2D eigenvalue weighted by Gasteiger charge is -2.17. The highest BCUT2D eigenvalue weighted by atomic mass is 19.4. The van der Waals surface area contributed by atoms with Crippen molar-refractivity contribution in [1.29, 1.82) is 5.26 Å². The highest BCUT2D eigenvalue weighted by Crippen LogP contribution is 2.42. The van der Waals surface area contributed by atoms with Crippen molar-refractivity contribution in [1.82, 2.24) is 0 Å². The molecule has 0 unspecified atom stereocenters. The molecule has 0 bridgehead atoms. The van der Waals surface area contributed by atoms with E-state index < -0.39 is 34.0 Å². The maximum atomic E-state index is 13.2. The average molecular weight is 582 g/mol. The molecule has 9 nitrogen and oxygen atoms in total. The predicted octanol–water partition coefficient (Wildman–Crippen LogP) is 7.48. The minimum Gasteiger partial charge on any atom is -0.494 e. The van der Waals surface area contributed by atoms with E-state index in [1.165, 1.54) is 18.2 Å². The molecule has 0 saturated heterocycles. The van der Waals surface area contributed by atoms with Gasteiger partial charge >= 0.3 is 11.9 Å². The number of halogens is 3. The molecule has 12 heteroatoms. The summed E-state index contributed by atoms with van der Waals surface area (Å²) in [6.07, 6.45) is -1.80. The second-order valence-electron chi connectivity index (χ2n) is 8.55. The summed E-state index contributed by atoms with van der Waals surface area (Å²) < 4.78 is 56.3. The molecule has 0 atom stereocenters. The van der Waals surface area contributed by atoms with E-state index in [4.69, 9.17) is 14.2 Å². The number of benzene rings is 3. The Balaban J connectivity index is 2.02. The molecule has 0 aliphatic heterocycles. The van der Waals surface area contributed by atoms with Crippen LogP contribution in [0.1, 0.15) is 30.5 Å². The second-order valence-corrected chi connectivity index (χ2v) is 8.55. The Bertz CT molecular complexity index is 1540. The Morgan fingerprint density at radius 1 is 1.07 bits per heavy atom. The van der Waals surface area contributed by atoms with Gasteiger partial charge in [0.05, 0.1) is 23.7 Å². The molecule has 0 saturated carbocycles. The monoisotopic (exact) mass is 581 g/mol. The third kappa shape index (κ3) is 7.88. The highest BCUT2D eigenvalue weighted by molar-refractivity contribution is 6.09. The SMILES string of the molecule is C=CCc1cc(/C=C(\C#N)C(=O)Nc2ccc(OCC)cc2)cc(OCC)c1Oc1ccc(C(F)(F)F)cc1[N+](=O)[O-]. The average Bonchev–Trinajstić information content (AvgIpc) is 2.94. The molecule has 0 fully saturated rings. The van der Waals surface area contributed by atoms with Crippen LogP contribution in [0.2, 0.25) is 0 Å². The number of ether oxygens (including phenoxy) is 3. The number of alkyl halides is 3. The molecule has 218 valence electrons. The predicted molar refractivity (Wildman–Crippen MR) is 150 cm³/mol. The number of hydrogen-bond donors (Lipinski definition) is 1. The van der Waals surface area contributed by atoms with Crippen LogP contribution in [0.3, 0.4) is 0 Å². The van der Waals surface area contributed by atoms with Crippen molar-refractivity contribution in [3.05, 3.63) is 99.6 Å². The van der Waals surface area contributed by atoms with Gasteiger partial charge in [0.25, 0.3) is 5.91 Å². The first-order valence-corrected chi connectivity index (χ1v) is 12.6. The lowest BCUT2D eigenvalue weighted by molar-refractivity contribution is -0.385. The van der Waals surface area contributed by atoms with Crippen molar-refractivity contribution in [2.24, 2.45) is 0 Å². The number of carbonyl (C=O) groups excluding carboxylic acids is 1. The summed E-state index contributed by atoms with van der Waals surface area (Å²) in [4.78, 5) is 23.5. The smallest absolute Gasteiger partial charge is 0.416 e. The maximum Gasteiger partial charge on any atom is 0.416 e. The summed E-state index contributed by atoms with van der Waals surface area (Å²) in [5.74, 6) is -0.398. The minimum atomic E-state index is -4.79. The van der Waals surface area contributed by atoms with Gasteiger partial charge in [-0.3, -0.25) is 14.9 Å². The normalized spacial score (nSPS) is 11.3. The maximum absolute atomic E-state index is 13.2. The summed E-state index contributed by atoms with van der Waals surface area (Å²) in [7, 11) is 0. The van der Waals surface area contributed by atoms with Gasteiger partial charge in [-0.05, 0) is 80.4 Å². The van der Waals surface area contributed by atoms with Crippen LogP contribution in [0.5, 0.6) is 23.0 Å². The first-order valence-electron chi connectivity index (χ1n) is 12.6. The number of allylic oxidation sites excluding steroid dienone is 1. The fourth-order valence-electron chi connectivity index (χ4n) is 3.80. The van der Waals surface area contributed by atoms with E-state index in [0.717, 1.165) is 6.07 Å². The van der Waals surface area contributed by atoms with Gasteiger partial charge in [-0.2, -0.15) is 18.4 Å². The number of rotatable bonds is 12. The molecule has 0 radical (unpaired) electrons. The van der Waals surface area contributed by atoms with Crippen LogP contribution in [0.4, 0.5) is 24.5 Å². The number of hydrogen-bond acceptors (Lipinski definition) is 7. The topological polar surface area (TPSA) is 124 Å². The number of amides is 1. The summed E-state index contributed by atoms with van der Waals surface area (Å²) >= 11 is 0. The van der Waals surface area contributed by atoms with Crippen LogP contribution >= 0.6 is 0 Å². The molecule has 0 heterocycles. The summed E-state index contributed by atoms with van der Waals surface area (Å²) in [5.41, 5.74) is -1.13. The minimum absolute atomic E-state index is 0.00843. The van der Waals surface area contributed by atoms with Gasteiger partial charge in [-0.1, -0.05) is 6.08 Å². The van der Waals surface area contributed by atoms with E-state index in [1.807, 2.05) is 13.0 Å². The Labute approximate surface area is 239 Å². The Kier molecular flexibility index (Phi) is 10.3. The van der Waals surface area contributed by atoms with Gasteiger partial charge in [-0.15, -0.1) is 6.58 Å². The van der Waals surface area contributed by atoms with Crippen LogP contribution in [-0.4, -0.2) is 24.0 Å². The number of carbonyl (C=O) groups is 1. The number of anilines is 1. The number of nitrogens with one attached hydrogen (secondary N) is 1. The van der Waals surface area contributed by atoms with E-state index in [1.54, 1.807) is 37.3 Å². The first kappa shape index (κ1) is 31.2. The van der Waals surface area contributed by atoms with Crippen LogP contribution in [0.15, 0.2) is 72.8 Å². The van der Waals surface area contributed by atoms with Crippen molar-refractivity contribution < 1.29 is 37.1 Å². The molecule has 3 aromatic carbocycles. The molecule has 1 amide bonds. The van der Waals surface area contributed by atoms with Gasteiger partial charge in [0.1, 0.15) is 17.4 Å². The molecule has 0 aliphatic rings. The number of nitrogens with zero attached hydrogens (tertiary/aromatic N) is 2. The fourth-order valence-corrected chi connectivity index (χ4v) is 3.80. The van der Waals surface area contributed by atoms with Gasteiger partial charge in [0, 0.05) is 17.3 Å². The Hall–Kier alpha value is -5.31. The van der Waals surface area contributed by atoms with Crippen LogP contribution in [-0.2, 0) is 17.4 Å². The van der Waals surface area contributed by atoms with Crippen LogP contribution in [0, 0.1) is 21.4 Å². The summed E-state index contributed by atoms with van der Waals surface area (Å²) in [6.45, 7) is 7.82. The molecular formula is C30H26F3N3O6. The molecule has 3 rings (SSSR count). The van der Waals surface area contributed by atoms with E-state index in [2.05, 4.69) is 11.9 Å². The van der Waals surface area contributed by atoms with E-state index in [0.29, 0.717) is 41.3 Å². The van der Waals surface area contributed by atoms with Crippen molar-refractivity contribution >= 4 is 23.4 Å². The highest BCUT2D eigenvalue weighted by Gasteiger charge is 2.34. The van der Waals surface area contributed by atoms with Crippen LogP contribution in [0.25, 0.3) is 6.08 Å². The van der Waals surface area contributed by atoms with Gasteiger partial charge in [0.2, 0.25) is 5.75 Å². The third-order valence-corrected chi connectivity index (χ3v) is 5.61. The van der Waals surface area contributed by atoms with Crippen LogP contribution < -0.4 is 19.5 Å². The molecule has 3 aromatic rings. The molecule has 1 N–H and O–H groups in total. The second kappa shape index (κ2) is 13.8. The lowest BCUT2D eigenvalue weighted by atomic mass is 10.0. The third-order valence-electron chi connectivity index (χ3n) is 5.61. The fraction of sp³-hybridized carbons (Fsp3) is 0.200. The van der Waals surface area contributed by atoms with E-state index in [9.17, 15) is 33.3 Å². The van der Waals surface area contributed by atoms with Crippen molar-refractivity contribution in [2.45, 2.75) is 26.4 Å². The molecule has 42 heavy (non-hydrogen) atoms. The summed E-state index contributed by atoms with van der Waals surface area (Å²) in [6, 6.07) is 13.4. The first-order chi connectivity index (χ1) is 20.0. The zero-order chi connectivity index (χ0) is 30.9. The molecule has 0 aliphatic carbocycles. The van der Waals surface area contributed by atoms with Crippen molar-refractivity contribution in [3.8, 4) is 29.1 Å². The Morgan fingerprint density at radius 2 is 1.76 bits per heavy atom. The molecular weight excluding hydrogens is 555 g/mol. The van der Waals surface area contributed by atoms with Gasteiger partial charge < -0.3 is 19.5 Å². The summed E-state index contributed by atoms with van der Waals surface area (Å²) in [5, 5.41) is 23.9. The van der Waals surface area contributed by atoms with E-state index in [-0.39, 0.29) is 30.1 Å². The number of nitro benzene ring substituents is 1. The standard InChI is InChI=1S/C30H26F3N3O6/c1-4-7-20-14-19(15-21(18-34)29(37)35-23-9-11-24(12-10-23)40-5-2)16-27(41-6-3)28(20)42-26-13-8-22(30(31,32)33)17-25(26)36(38)39/h4,8-17H,1,5-7H2,2-3H3,(H,35,37)/b21-15+. The molecule has 0 spiro atoms. The number of nitriles is 1. The zero-order valence-electron chi connectivity index (χ0n) is 22.7. The van der Waals surface area contributed by atoms with Gasteiger partial charge in [-0.25, -0.2) is 0 Å². The van der Waals surface area contributed by atoms with E-state index >= 15 is 0 Å². The lowest BCUT2D eigenvalue weighted by Crippen LogP contribution is -2.13. The van der Waals surface area contributed by atoms with Gasteiger partial charge in [0.15, 0.2) is 11.5 Å². The Morgan fingerprint density at radius 3 is 2.33 bits per heavy atom. The molecule has 0 aromatic heterocycles. The number of nitro groups is 1. The van der Waals surface area contributed by atoms with Crippen molar-refractivity contribution in [3.63, 3.8) is 0 Å². The quantitative estimate of drug-likeness (QED) is 0.0773. The van der Waals surface area contributed by atoms with Crippen molar-refractivity contribution in [2.75, 3.05) is 18.5 Å². The zero-order valence-corrected chi connectivity index (χ0v) is 22.7. The largest absolute Gasteiger partial charge is 0.494 e.